The molecule has 1 saturated carbocycles. The molecule has 0 amide bonds. The van der Waals surface area contributed by atoms with E-state index in [1.54, 1.807) is 0 Å². The summed E-state index contributed by atoms with van der Waals surface area (Å²) in [6, 6.07) is 2.56. The Labute approximate surface area is 133 Å². The third-order valence-corrected chi connectivity index (χ3v) is 4.71. The van der Waals surface area contributed by atoms with Crippen LogP contribution in [0.25, 0.3) is 0 Å². The molecule has 1 N–H and O–H groups in total. The van der Waals surface area contributed by atoms with E-state index >= 15 is 0 Å². The van der Waals surface area contributed by atoms with E-state index in [-0.39, 0.29) is 6.10 Å². The number of alkyl halides is 3. The van der Waals surface area contributed by atoms with Gasteiger partial charge in [0.05, 0.1) is 11.7 Å². The molecule has 0 unspecified atom stereocenters. The Bertz CT molecular complexity index is 514. The van der Waals surface area contributed by atoms with E-state index in [9.17, 15) is 18.3 Å². The average Bonchev–Trinajstić information content (AvgIpc) is 2.71. The summed E-state index contributed by atoms with van der Waals surface area (Å²) in [5, 5.41) is 9.36. The second kappa shape index (κ2) is 6.65. The molecular formula is C16H22F3N3O. The summed E-state index contributed by atoms with van der Waals surface area (Å²) in [6.07, 6.45) is -0.804. The summed E-state index contributed by atoms with van der Waals surface area (Å²) in [5.41, 5.74) is -0.707. The average molecular weight is 329 g/mol. The summed E-state index contributed by atoms with van der Waals surface area (Å²) >= 11 is 0. The fourth-order valence-electron chi connectivity index (χ4n) is 3.34. The molecule has 2 heterocycles. The summed E-state index contributed by atoms with van der Waals surface area (Å²) in [5.74, 6) is 1.19. The first-order valence-electron chi connectivity index (χ1n) is 8.10. The van der Waals surface area contributed by atoms with Gasteiger partial charge in [0.25, 0.3) is 0 Å². The second-order valence-electron chi connectivity index (χ2n) is 6.54. The number of pyridine rings is 1. The van der Waals surface area contributed by atoms with Gasteiger partial charge in [-0.3, -0.25) is 0 Å². The molecule has 1 aliphatic carbocycles. The van der Waals surface area contributed by atoms with Crippen molar-refractivity contribution >= 4 is 5.82 Å². The van der Waals surface area contributed by atoms with Gasteiger partial charge in [0.1, 0.15) is 5.82 Å². The fourth-order valence-corrected chi connectivity index (χ4v) is 3.34. The van der Waals surface area contributed by atoms with Gasteiger partial charge in [-0.25, -0.2) is 4.98 Å². The summed E-state index contributed by atoms with van der Waals surface area (Å²) in [7, 11) is 0. The van der Waals surface area contributed by atoms with E-state index in [1.165, 1.54) is 6.07 Å². The van der Waals surface area contributed by atoms with Crippen molar-refractivity contribution in [2.75, 3.05) is 37.6 Å². The minimum Gasteiger partial charge on any atom is -0.393 e. The van der Waals surface area contributed by atoms with Gasteiger partial charge in [0.15, 0.2) is 0 Å². The Morgan fingerprint density at radius 1 is 1.13 bits per heavy atom. The largest absolute Gasteiger partial charge is 0.417 e. The van der Waals surface area contributed by atoms with Crippen LogP contribution >= 0.6 is 0 Å². The predicted octanol–water partition coefficient (Wildman–Crippen LogP) is 2.38. The molecule has 23 heavy (non-hydrogen) atoms. The van der Waals surface area contributed by atoms with E-state index in [0.717, 1.165) is 64.2 Å². The number of hydrogen-bond donors (Lipinski definition) is 1. The lowest BCUT2D eigenvalue weighted by Crippen LogP contribution is -2.40. The highest BCUT2D eigenvalue weighted by molar-refractivity contribution is 5.40. The fraction of sp³-hybridized carbons (Fsp3) is 0.688. The number of halogens is 3. The zero-order valence-corrected chi connectivity index (χ0v) is 13.0. The first kappa shape index (κ1) is 16.5. The summed E-state index contributed by atoms with van der Waals surface area (Å²) in [6.45, 7) is 4.46. The molecule has 1 aliphatic heterocycles. The molecule has 2 aliphatic rings. The van der Waals surface area contributed by atoms with Crippen LogP contribution in [-0.4, -0.2) is 53.8 Å². The van der Waals surface area contributed by atoms with Crippen molar-refractivity contribution in [3.63, 3.8) is 0 Å². The van der Waals surface area contributed by atoms with E-state index in [2.05, 4.69) is 14.8 Å². The summed E-state index contributed by atoms with van der Waals surface area (Å²) in [4.78, 5) is 8.43. The minimum absolute atomic E-state index is 0.125. The molecule has 0 radical (unpaired) electrons. The van der Waals surface area contributed by atoms with Crippen LogP contribution in [0.1, 0.15) is 24.8 Å². The molecule has 1 aromatic rings. The second-order valence-corrected chi connectivity index (χ2v) is 6.54. The van der Waals surface area contributed by atoms with Crippen molar-refractivity contribution in [3.05, 3.63) is 23.9 Å². The Balaban J connectivity index is 1.55. The van der Waals surface area contributed by atoms with Crippen LogP contribution in [0.3, 0.4) is 0 Å². The van der Waals surface area contributed by atoms with Crippen molar-refractivity contribution in [2.24, 2.45) is 5.92 Å². The lowest BCUT2D eigenvalue weighted by Gasteiger charge is -2.35. The zero-order chi connectivity index (χ0) is 16.4. The van der Waals surface area contributed by atoms with Gasteiger partial charge in [0.2, 0.25) is 0 Å². The van der Waals surface area contributed by atoms with Crippen LogP contribution in [-0.2, 0) is 6.18 Å². The Morgan fingerprint density at radius 2 is 1.91 bits per heavy atom. The number of nitrogens with zero attached hydrogens (tertiary/aromatic N) is 3. The maximum Gasteiger partial charge on any atom is 0.417 e. The number of aliphatic hydroxyl groups excluding tert-OH is 1. The van der Waals surface area contributed by atoms with Gasteiger partial charge in [-0.15, -0.1) is 0 Å². The lowest BCUT2D eigenvalue weighted by molar-refractivity contribution is -0.137. The van der Waals surface area contributed by atoms with Crippen molar-refractivity contribution in [3.8, 4) is 0 Å². The standard InChI is InChI=1S/C16H22F3N3O/c17-16(18,19)13-2-3-15(20-10-13)22-5-1-4-21(6-7-22)11-12-8-14(23)9-12/h2-3,10,12,14,23H,1,4-9,11H2. The smallest absolute Gasteiger partial charge is 0.393 e. The van der Waals surface area contributed by atoms with Crippen molar-refractivity contribution in [1.29, 1.82) is 0 Å². The van der Waals surface area contributed by atoms with Crippen molar-refractivity contribution in [2.45, 2.75) is 31.5 Å². The van der Waals surface area contributed by atoms with Gasteiger partial charge >= 0.3 is 6.18 Å². The van der Waals surface area contributed by atoms with Crippen LogP contribution in [0, 0.1) is 5.92 Å². The number of anilines is 1. The molecule has 4 nitrogen and oxygen atoms in total. The maximum absolute atomic E-state index is 12.6. The Morgan fingerprint density at radius 3 is 2.52 bits per heavy atom. The van der Waals surface area contributed by atoms with Crippen LogP contribution < -0.4 is 4.90 Å². The highest BCUT2D eigenvalue weighted by atomic mass is 19.4. The Hall–Kier alpha value is -1.34. The highest BCUT2D eigenvalue weighted by Crippen LogP contribution is 2.30. The molecule has 128 valence electrons. The summed E-state index contributed by atoms with van der Waals surface area (Å²) < 4.78 is 37.8. The molecular weight excluding hydrogens is 307 g/mol. The predicted molar refractivity (Wildman–Crippen MR) is 81.2 cm³/mol. The highest BCUT2D eigenvalue weighted by Gasteiger charge is 2.31. The monoisotopic (exact) mass is 329 g/mol. The van der Waals surface area contributed by atoms with Gasteiger partial charge in [-0.2, -0.15) is 13.2 Å². The van der Waals surface area contributed by atoms with Crippen LogP contribution in [0.2, 0.25) is 0 Å². The molecule has 2 fully saturated rings. The first-order chi connectivity index (χ1) is 10.9. The topological polar surface area (TPSA) is 39.6 Å². The molecule has 7 heteroatoms. The van der Waals surface area contributed by atoms with Crippen molar-refractivity contribution < 1.29 is 18.3 Å². The first-order valence-corrected chi connectivity index (χ1v) is 8.10. The van der Waals surface area contributed by atoms with E-state index in [1.807, 2.05) is 0 Å². The van der Waals surface area contributed by atoms with Gasteiger partial charge < -0.3 is 14.9 Å². The van der Waals surface area contributed by atoms with Crippen LogP contribution in [0.5, 0.6) is 0 Å². The number of hydrogen-bond acceptors (Lipinski definition) is 4. The molecule has 0 atom stereocenters. The molecule has 1 aromatic heterocycles. The van der Waals surface area contributed by atoms with Gasteiger partial charge in [-0.1, -0.05) is 0 Å². The molecule has 0 spiro atoms. The quantitative estimate of drug-likeness (QED) is 0.924. The van der Waals surface area contributed by atoms with E-state index in [0.29, 0.717) is 11.7 Å². The normalized spacial score (nSPS) is 26.7. The molecule has 0 aromatic carbocycles. The Kier molecular flexibility index (Phi) is 4.77. The molecule has 1 saturated heterocycles. The van der Waals surface area contributed by atoms with Crippen LogP contribution in [0.15, 0.2) is 18.3 Å². The van der Waals surface area contributed by atoms with E-state index < -0.39 is 11.7 Å². The maximum atomic E-state index is 12.6. The number of aromatic nitrogens is 1. The third kappa shape index (κ3) is 4.14. The van der Waals surface area contributed by atoms with Gasteiger partial charge in [-0.05, 0) is 43.9 Å². The number of rotatable bonds is 3. The minimum atomic E-state index is -4.34. The third-order valence-electron chi connectivity index (χ3n) is 4.71. The number of aliphatic hydroxyl groups is 1. The van der Waals surface area contributed by atoms with Crippen LogP contribution in [0.4, 0.5) is 19.0 Å². The van der Waals surface area contributed by atoms with E-state index in [4.69, 9.17) is 0 Å². The SMILES string of the molecule is OC1CC(CN2CCCN(c3ccc(C(F)(F)F)cn3)CC2)C1. The van der Waals surface area contributed by atoms with Gasteiger partial charge in [0, 0.05) is 32.4 Å². The molecule has 3 rings (SSSR count). The zero-order valence-electron chi connectivity index (χ0n) is 13.0. The van der Waals surface area contributed by atoms with Crippen molar-refractivity contribution in [1.82, 2.24) is 9.88 Å². The molecule has 0 bridgehead atoms. The lowest BCUT2D eigenvalue weighted by atomic mass is 9.82.